The minimum Gasteiger partial charge on any atom is -0.367 e. The highest BCUT2D eigenvalue weighted by atomic mass is 35.5. The van der Waals surface area contributed by atoms with Crippen LogP contribution in [0.5, 0.6) is 0 Å². The van der Waals surface area contributed by atoms with Gasteiger partial charge >= 0.3 is 0 Å². The van der Waals surface area contributed by atoms with E-state index in [1.165, 1.54) is 11.1 Å². The lowest BCUT2D eigenvalue weighted by atomic mass is 9.93. The summed E-state index contributed by atoms with van der Waals surface area (Å²) in [6.07, 6.45) is 2.99. The van der Waals surface area contributed by atoms with Gasteiger partial charge in [0, 0.05) is 23.3 Å². The van der Waals surface area contributed by atoms with E-state index in [0.717, 1.165) is 23.1 Å². The summed E-state index contributed by atoms with van der Waals surface area (Å²) < 4.78 is 0. The molecule has 0 N–H and O–H groups in total. The maximum atomic E-state index is 10.8. The Balaban J connectivity index is 2.61. The van der Waals surface area contributed by atoms with Crippen LogP contribution in [0.3, 0.4) is 0 Å². The van der Waals surface area contributed by atoms with Gasteiger partial charge in [0.05, 0.1) is 6.54 Å². The second kappa shape index (κ2) is 7.28. The fourth-order valence-electron chi connectivity index (χ4n) is 2.60. The fraction of sp³-hybridized carbons (Fsp3) is 0.211. The van der Waals surface area contributed by atoms with Crippen LogP contribution in [0.25, 0.3) is 5.57 Å². The molecule has 0 unspecified atom stereocenters. The van der Waals surface area contributed by atoms with E-state index >= 15 is 0 Å². The van der Waals surface area contributed by atoms with E-state index in [1.54, 1.807) is 0 Å². The van der Waals surface area contributed by atoms with Gasteiger partial charge < -0.3 is 9.69 Å². The predicted molar refractivity (Wildman–Crippen MR) is 94.7 cm³/mol. The van der Waals surface area contributed by atoms with Crippen molar-refractivity contribution >= 4 is 29.1 Å². The van der Waals surface area contributed by atoms with Crippen LogP contribution in [-0.4, -0.2) is 19.9 Å². The third-order valence-electron chi connectivity index (χ3n) is 3.73. The molecular formula is C19H20ClNO. The number of hydrogen-bond donors (Lipinski definition) is 0. The van der Waals surface area contributed by atoms with E-state index < -0.39 is 0 Å². The number of allylic oxidation sites excluding steroid dienone is 1. The molecule has 0 radical (unpaired) electrons. The quantitative estimate of drug-likeness (QED) is 0.743. The van der Waals surface area contributed by atoms with Gasteiger partial charge in [0.1, 0.15) is 6.29 Å². The van der Waals surface area contributed by atoms with Crippen LogP contribution in [0.1, 0.15) is 23.6 Å². The van der Waals surface area contributed by atoms with Crippen LogP contribution in [0.15, 0.2) is 48.5 Å². The van der Waals surface area contributed by atoms with E-state index in [0.29, 0.717) is 11.6 Å². The SMILES string of the molecule is C/C=C(\c1ccccc1C)c1cc(Cl)ccc1N(C)CC=O. The number of rotatable bonds is 5. The molecule has 2 aromatic rings. The summed E-state index contributed by atoms with van der Waals surface area (Å²) in [4.78, 5) is 12.8. The lowest BCUT2D eigenvalue weighted by Gasteiger charge is -2.22. The monoisotopic (exact) mass is 313 g/mol. The topological polar surface area (TPSA) is 20.3 Å². The molecule has 2 rings (SSSR count). The zero-order valence-electron chi connectivity index (χ0n) is 13.1. The van der Waals surface area contributed by atoms with Gasteiger partial charge in [-0.2, -0.15) is 0 Å². The number of aryl methyl sites for hydroxylation is 1. The number of benzene rings is 2. The Bertz CT molecular complexity index is 706. The van der Waals surface area contributed by atoms with Crippen LogP contribution < -0.4 is 4.90 Å². The van der Waals surface area contributed by atoms with Crippen molar-refractivity contribution in [2.75, 3.05) is 18.5 Å². The van der Waals surface area contributed by atoms with Crippen molar-refractivity contribution in [1.29, 1.82) is 0 Å². The van der Waals surface area contributed by atoms with Gasteiger partial charge in [0.2, 0.25) is 0 Å². The van der Waals surface area contributed by atoms with Crippen molar-refractivity contribution < 1.29 is 4.79 Å². The Morgan fingerprint density at radius 3 is 2.55 bits per heavy atom. The number of halogens is 1. The van der Waals surface area contributed by atoms with Crippen LogP contribution >= 0.6 is 11.6 Å². The molecule has 0 aromatic heterocycles. The molecule has 0 amide bonds. The van der Waals surface area contributed by atoms with Crippen molar-refractivity contribution in [2.45, 2.75) is 13.8 Å². The molecule has 0 saturated carbocycles. The molecule has 0 atom stereocenters. The van der Waals surface area contributed by atoms with Crippen molar-refractivity contribution in [3.05, 3.63) is 70.3 Å². The highest BCUT2D eigenvalue weighted by Crippen LogP contribution is 2.34. The first kappa shape index (κ1) is 16.3. The molecule has 0 heterocycles. The molecule has 0 bridgehead atoms. The first-order chi connectivity index (χ1) is 10.6. The van der Waals surface area contributed by atoms with Crippen LogP contribution in [0, 0.1) is 6.92 Å². The Labute approximate surface area is 137 Å². The zero-order valence-corrected chi connectivity index (χ0v) is 13.9. The van der Waals surface area contributed by atoms with Crippen molar-refractivity contribution in [3.8, 4) is 0 Å². The fourth-order valence-corrected chi connectivity index (χ4v) is 2.77. The van der Waals surface area contributed by atoms with Gasteiger partial charge in [-0.3, -0.25) is 0 Å². The number of carbonyl (C=O) groups is 1. The lowest BCUT2D eigenvalue weighted by molar-refractivity contribution is -0.106. The maximum Gasteiger partial charge on any atom is 0.139 e. The highest BCUT2D eigenvalue weighted by molar-refractivity contribution is 6.31. The van der Waals surface area contributed by atoms with Gasteiger partial charge in [-0.1, -0.05) is 41.9 Å². The normalized spacial score (nSPS) is 11.4. The van der Waals surface area contributed by atoms with E-state index in [2.05, 4.69) is 25.1 Å². The molecule has 2 aromatic carbocycles. The average molecular weight is 314 g/mol. The molecule has 0 aliphatic carbocycles. The molecule has 2 nitrogen and oxygen atoms in total. The molecular weight excluding hydrogens is 294 g/mol. The standard InChI is InChI=1S/C19H20ClNO/c1-4-16(17-8-6-5-7-14(17)2)18-13-15(20)9-10-19(18)21(3)11-12-22/h4-10,12-13H,11H2,1-3H3/b16-4+. The molecule has 3 heteroatoms. The molecule has 0 saturated heterocycles. The Morgan fingerprint density at radius 2 is 1.91 bits per heavy atom. The summed E-state index contributed by atoms with van der Waals surface area (Å²) in [5, 5.41) is 0.686. The Hall–Kier alpha value is -2.06. The minimum absolute atomic E-state index is 0.347. The second-order valence-corrected chi connectivity index (χ2v) is 5.66. The van der Waals surface area contributed by atoms with Crippen LogP contribution in [0.4, 0.5) is 5.69 Å². The minimum atomic E-state index is 0.347. The summed E-state index contributed by atoms with van der Waals surface area (Å²) >= 11 is 6.21. The molecule has 22 heavy (non-hydrogen) atoms. The Morgan fingerprint density at radius 1 is 1.18 bits per heavy atom. The number of hydrogen-bond acceptors (Lipinski definition) is 2. The molecule has 0 aliphatic rings. The van der Waals surface area contributed by atoms with E-state index in [1.807, 2.05) is 49.2 Å². The number of carbonyl (C=O) groups excluding carboxylic acids is 1. The molecule has 114 valence electrons. The second-order valence-electron chi connectivity index (χ2n) is 5.23. The van der Waals surface area contributed by atoms with Gasteiger partial charge in [-0.05, 0) is 48.7 Å². The molecule has 0 spiro atoms. The zero-order chi connectivity index (χ0) is 16.1. The van der Waals surface area contributed by atoms with Gasteiger partial charge in [-0.15, -0.1) is 0 Å². The summed E-state index contributed by atoms with van der Waals surface area (Å²) in [6.45, 7) is 4.46. The number of likely N-dealkylation sites (N-methyl/N-ethyl adjacent to an activating group) is 1. The third kappa shape index (κ3) is 3.40. The Kier molecular flexibility index (Phi) is 5.40. The summed E-state index contributed by atoms with van der Waals surface area (Å²) in [6, 6.07) is 14.0. The highest BCUT2D eigenvalue weighted by Gasteiger charge is 2.14. The van der Waals surface area contributed by atoms with E-state index in [-0.39, 0.29) is 0 Å². The first-order valence-corrected chi connectivity index (χ1v) is 7.63. The largest absolute Gasteiger partial charge is 0.367 e. The van der Waals surface area contributed by atoms with Crippen LogP contribution in [-0.2, 0) is 4.79 Å². The summed E-state index contributed by atoms with van der Waals surface area (Å²) in [7, 11) is 1.91. The third-order valence-corrected chi connectivity index (χ3v) is 3.97. The maximum absolute atomic E-state index is 10.8. The van der Waals surface area contributed by atoms with E-state index in [4.69, 9.17) is 11.6 Å². The first-order valence-electron chi connectivity index (χ1n) is 7.25. The van der Waals surface area contributed by atoms with E-state index in [9.17, 15) is 4.79 Å². The average Bonchev–Trinajstić information content (AvgIpc) is 2.50. The van der Waals surface area contributed by atoms with Gasteiger partial charge in [0.15, 0.2) is 0 Å². The smallest absolute Gasteiger partial charge is 0.139 e. The molecule has 0 fully saturated rings. The van der Waals surface area contributed by atoms with Crippen LogP contribution in [0.2, 0.25) is 5.02 Å². The lowest BCUT2D eigenvalue weighted by Crippen LogP contribution is -2.20. The summed E-state index contributed by atoms with van der Waals surface area (Å²) in [5.41, 5.74) is 5.53. The predicted octanol–water partition coefficient (Wildman–Crippen LogP) is 4.74. The van der Waals surface area contributed by atoms with Crippen molar-refractivity contribution in [1.82, 2.24) is 0 Å². The van der Waals surface area contributed by atoms with Crippen molar-refractivity contribution in [2.24, 2.45) is 0 Å². The number of anilines is 1. The van der Waals surface area contributed by atoms with Crippen molar-refractivity contribution in [3.63, 3.8) is 0 Å². The van der Waals surface area contributed by atoms with Gasteiger partial charge in [0.25, 0.3) is 0 Å². The summed E-state index contributed by atoms with van der Waals surface area (Å²) in [5.74, 6) is 0. The number of nitrogens with zero attached hydrogens (tertiary/aromatic N) is 1. The van der Waals surface area contributed by atoms with Gasteiger partial charge in [-0.25, -0.2) is 0 Å². The molecule has 0 aliphatic heterocycles. The number of aldehydes is 1.